The van der Waals surface area contributed by atoms with Crippen LogP contribution in [0.15, 0.2) is 46.3 Å². The Morgan fingerprint density at radius 1 is 1.39 bits per heavy atom. The summed E-state index contributed by atoms with van der Waals surface area (Å²) in [6.07, 6.45) is 15.8. The highest BCUT2D eigenvalue weighted by molar-refractivity contribution is 5.17. The number of rotatable bonds is 6. The molecule has 0 fully saturated rings. The average molecular weight is 317 g/mol. The summed E-state index contributed by atoms with van der Waals surface area (Å²) in [4.78, 5) is 0. The Balaban J connectivity index is 0.00000127. The fraction of sp³-hybridized carbons (Fsp3) is 0.636. The number of furan rings is 1. The molecule has 0 saturated carbocycles. The molecular weight excluding hydrogens is 280 g/mol. The monoisotopic (exact) mass is 316 g/mol. The maximum atomic E-state index is 5.11. The molecule has 1 aromatic rings. The molecule has 0 unspecified atom stereocenters. The van der Waals surface area contributed by atoms with Gasteiger partial charge >= 0.3 is 0 Å². The first-order chi connectivity index (χ1) is 11.0. The van der Waals surface area contributed by atoms with Gasteiger partial charge in [0.05, 0.1) is 12.5 Å². The lowest BCUT2D eigenvalue weighted by atomic mass is 9.65. The predicted molar refractivity (Wildman–Crippen MR) is 102 cm³/mol. The van der Waals surface area contributed by atoms with Crippen LogP contribution >= 0.6 is 0 Å². The van der Waals surface area contributed by atoms with Crippen molar-refractivity contribution in [2.45, 2.75) is 80.1 Å². The largest absolute Gasteiger partial charge is 0.472 e. The van der Waals surface area contributed by atoms with Crippen molar-refractivity contribution in [1.29, 1.82) is 0 Å². The number of hydrogen-bond acceptors (Lipinski definition) is 1. The van der Waals surface area contributed by atoms with Gasteiger partial charge < -0.3 is 4.42 Å². The van der Waals surface area contributed by atoms with Gasteiger partial charge in [-0.2, -0.15) is 0 Å². The lowest BCUT2D eigenvalue weighted by molar-refractivity contribution is 0.211. The van der Waals surface area contributed by atoms with E-state index < -0.39 is 0 Å². The van der Waals surface area contributed by atoms with E-state index in [1.165, 1.54) is 36.8 Å². The highest BCUT2D eigenvalue weighted by atomic mass is 16.3. The number of allylic oxidation sites excluding steroid dienone is 4. The highest BCUT2D eigenvalue weighted by Gasteiger charge is 2.34. The minimum atomic E-state index is 0.401. The molecule has 1 aromatic heterocycles. The molecule has 0 aromatic carbocycles. The van der Waals surface area contributed by atoms with Crippen molar-refractivity contribution in [3.8, 4) is 0 Å². The van der Waals surface area contributed by atoms with Crippen LogP contribution in [0.2, 0.25) is 0 Å². The second-order valence-corrected chi connectivity index (χ2v) is 7.00. The standard InChI is InChI=1S/C20H30O.C2H6/c1-16(7-5-10-19-12-14-21-15-19)11-13-20(4)17(2)8-6-9-18(20)3;1-2/h7-8,12,14-15,18H,5-6,9-11,13H2,1-4H3;1-2H3/b16-7+;/t18-,20+;/m0./s1. The van der Waals surface area contributed by atoms with Gasteiger partial charge in [0, 0.05) is 0 Å². The van der Waals surface area contributed by atoms with Crippen LogP contribution < -0.4 is 0 Å². The fourth-order valence-electron chi connectivity index (χ4n) is 3.41. The van der Waals surface area contributed by atoms with E-state index in [9.17, 15) is 0 Å². The molecule has 0 aliphatic heterocycles. The third kappa shape index (κ3) is 5.71. The van der Waals surface area contributed by atoms with Gasteiger partial charge in [0.15, 0.2) is 0 Å². The summed E-state index contributed by atoms with van der Waals surface area (Å²) in [5.41, 5.74) is 4.83. The second-order valence-electron chi connectivity index (χ2n) is 7.00. The average Bonchev–Trinajstić information content (AvgIpc) is 3.06. The van der Waals surface area contributed by atoms with Crippen molar-refractivity contribution < 1.29 is 4.42 Å². The van der Waals surface area contributed by atoms with E-state index in [-0.39, 0.29) is 0 Å². The molecule has 0 radical (unpaired) electrons. The molecule has 1 aliphatic rings. The van der Waals surface area contributed by atoms with Crippen molar-refractivity contribution in [3.63, 3.8) is 0 Å². The lowest BCUT2D eigenvalue weighted by Gasteiger charge is -2.40. The van der Waals surface area contributed by atoms with Crippen LogP contribution in [-0.2, 0) is 6.42 Å². The third-order valence-electron chi connectivity index (χ3n) is 5.58. The minimum Gasteiger partial charge on any atom is -0.472 e. The summed E-state index contributed by atoms with van der Waals surface area (Å²) in [5.74, 6) is 0.807. The lowest BCUT2D eigenvalue weighted by Crippen LogP contribution is -2.29. The second kappa shape index (κ2) is 9.80. The Bertz CT molecular complexity index is 492. The van der Waals surface area contributed by atoms with Crippen LogP contribution in [0.1, 0.15) is 79.2 Å². The Morgan fingerprint density at radius 2 is 2.13 bits per heavy atom. The SMILES string of the molecule is CC.CC1=CCC[C@H](C)[C@]1(C)CC/C(C)=C/CCc1ccoc1. The van der Waals surface area contributed by atoms with Crippen LogP contribution in [0.25, 0.3) is 0 Å². The highest BCUT2D eigenvalue weighted by Crippen LogP contribution is 2.45. The van der Waals surface area contributed by atoms with Crippen LogP contribution in [0.5, 0.6) is 0 Å². The summed E-state index contributed by atoms with van der Waals surface area (Å²) in [5, 5.41) is 0. The molecule has 0 N–H and O–H groups in total. The van der Waals surface area contributed by atoms with Crippen molar-refractivity contribution in [2.24, 2.45) is 11.3 Å². The minimum absolute atomic E-state index is 0.401. The maximum absolute atomic E-state index is 5.11. The van der Waals surface area contributed by atoms with E-state index >= 15 is 0 Å². The van der Waals surface area contributed by atoms with Crippen molar-refractivity contribution in [2.75, 3.05) is 0 Å². The Kier molecular flexibility index (Phi) is 8.44. The molecule has 130 valence electrons. The van der Waals surface area contributed by atoms with Crippen molar-refractivity contribution in [1.82, 2.24) is 0 Å². The van der Waals surface area contributed by atoms with Gasteiger partial charge in [0.25, 0.3) is 0 Å². The smallest absolute Gasteiger partial charge is 0.0934 e. The molecule has 1 aliphatic carbocycles. The molecule has 0 spiro atoms. The first-order valence-electron chi connectivity index (χ1n) is 9.36. The van der Waals surface area contributed by atoms with Crippen LogP contribution in [0, 0.1) is 11.3 Å². The summed E-state index contributed by atoms with van der Waals surface area (Å²) < 4.78 is 5.11. The van der Waals surface area contributed by atoms with Gasteiger partial charge in [0.1, 0.15) is 0 Å². The van der Waals surface area contributed by atoms with Gasteiger partial charge in [-0.25, -0.2) is 0 Å². The van der Waals surface area contributed by atoms with Crippen LogP contribution in [0.3, 0.4) is 0 Å². The van der Waals surface area contributed by atoms with Crippen molar-refractivity contribution >= 4 is 0 Å². The number of aryl methyl sites for hydroxylation is 1. The fourth-order valence-corrected chi connectivity index (χ4v) is 3.41. The van der Waals surface area contributed by atoms with Gasteiger partial charge in [-0.15, -0.1) is 0 Å². The maximum Gasteiger partial charge on any atom is 0.0934 e. The Hall–Kier alpha value is -1.24. The number of hydrogen-bond donors (Lipinski definition) is 0. The Labute approximate surface area is 143 Å². The van der Waals surface area contributed by atoms with E-state index in [2.05, 4.69) is 45.9 Å². The molecule has 1 heteroatoms. The van der Waals surface area contributed by atoms with Crippen molar-refractivity contribution in [3.05, 3.63) is 47.5 Å². The molecule has 1 nitrogen and oxygen atoms in total. The van der Waals surface area contributed by atoms with Gasteiger partial charge in [-0.1, -0.05) is 51.0 Å². The van der Waals surface area contributed by atoms with E-state index in [0.29, 0.717) is 5.41 Å². The van der Waals surface area contributed by atoms with Gasteiger partial charge in [-0.05, 0) is 75.3 Å². The summed E-state index contributed by atoms with van der Waals surface area (Å²) in [7, 11) is 0. The molecule has 0 saturated heterocycles. The summed E-state index contributed by atoms with van der Waals surface area (Å²) in [6.45, 7) is 13.5. The van der Waals surface area contributed by atoms with E-state index in [4.69, 9.17) is 4.42 Å². The van der Waals surface area contributed by atoms with Gasteiger partial charge in [-0.3, -0.25) is 0 Å². The first kappa shape index (κ1) is 19.8. The molecular formula is C22H36O. The van der Waals surface area contributed by atoms with E-state index in [0.717, 1.165) is 18.8 Å². The summed E-state index contributed by atoms with van der Waals surface area (Å²) in [6, 6.07) is 2.06. The normalized spacial score (nSPS) is 24.7. The Morgan fingerprint density at radius 3 is 2.74 bits per heavy atom. The van der Waals surface area contributed by atoms with Crippen LogP contribution in [0.4, 0.5) is 0 Å². The molecule has 2 rings (SSSR count). The zero-order valence-corrected chi connectivity index (χ0v) is 16.1. The molecule has 23 heavy (non-hydrogen) atoms. The molecule has 2 atom stereocenters. The summed E-state index contributed by atoms with van der Waals surface area (Å²) >= 11 is 0. The zero-order valence-electron chi connectivity index (χ0n) is 16.1. The van der Waals surface area contributed by atoms with E-state index in [1.54, 1.807) is 11.8 Å². The zero-order chi connectivity index (χ0) is 17.3. The van der Waals surface area contributed by atoms with Crippen LogP contribution in [-0.4, -0.2) is 0 Å². The molecule has 0 bridgehead atoms. The molecule has 1 heterocycles. The third-order valence-corrected chi connectivity index (χ3v) is 5.58. The molecule has 0 amide bonds. The first-order valence-corrected chi connectivity index (χ1v) is 9.36. The van der Waals surface area contributed by atoms with Gasteiger partial charge in [0.2, 0.25) is 0 Å². The topological polar surface area (TPSA) is 13.1 Å². The quantitative estimate of drug-likeness (QED) is 0.500. The predicted octanol–water partition coefficient (Wildman–Crippen LogP) is 7.35. The van der Waals surface area contributed by atoms with E-state index in [1.807, 2.05) is 20.1 Å².